The SMILES string of the molecule is CC(C)[C@@H](NC(=O)c1ccccc1Cl)c1nc(-c2ccc(Br)cc2)no1. The van der Waals surface area contributed by atoms with Gasteiger partial charge in [0, 0.05) is 10.0 Å². The average molecular weight is 435 g/mol. The molecular formula is C19H17BrClN3O2. The molecule has 1 amide bonds. The second-order valence-corrected chi connectivity index (χ2v) is 7.46. The zero-order valence-electron chi connectivity index (χ0n) is 14.2. The summed E-state index contributed by atoms with van der Waals surface area (Å²) in [7, 11) is 0. The second-order valence-electron chi connectivity index (χ2n) is 6.14. The summed E-state index contributed by atoms with van der Waals surface area (Å²) < 4.78 is 6.39. The van der Waals surface area contributed by atoms with Crippen LogP contribution in [-0.4, -0.2) is 16.0 Å². The molecule has 0 aliphatic carbocycles. The molecule has 134 valence electrons. The van der Waals surface area contributed by atoms with Crippen molar-refractivity contribution in [3.8, 4) is 11.4 Å². The first-order valence-electron chi connectivity index (χ1n) is 8.10. The number of carbonyl (C=O) groups excluding carboxylic acids is 1. The number of nitrogens with zero attached hydrogens (tertiary/aromatic N) is 2. The number of amides is 1. The minimum Gasteiger partial charge on any atom is -0.340 e. The van der Waals surface area contributed by atoms with Crippen molar-refractivity contribution in [3.05, 3.63) is 69.5 Å². The van der Waals surface area contributed by atoms with Crippen LogP contribution in [0.5, 0.6) is 0 Å². The third kappa shape index (κ3) is 4.14. The summed E-state index contributed by atoms with van der Waals surface area (Å²) in [5.74, 6) is 0.612. The van der Waals surface area contributed by atoms with E-state index in [-0.39, 0.29) is 11.8 Å². The first-order chi connectivity index (χ1) is 12.5. The molecule has 0 bridgehead atoms. The first-order valence-corrected chi connectivity index (χ1v) is 9.27. The van der Waals surface area contributed by atoms with Gasteiger partial charge in [-0.25, -0.2) is 0 Å². The molecule has 26 heavy (non-hydrogen) atoms. The molecule has 1 heterocycles. The molecule has 3 aromatic rings. The Hall–Kier alpha value is -2.18. The van der Waals surface area contributed by atoms with Gasteiger partial charge in [-0.15, -0.1) is 0 Å². The van der Waals surface area contributed by atoms with Gasteiger partial charge in [0.1, 0.15) is 6.04 Å². The predicted molar refractivity (Wildman–Crippen MR) is 104 cm³/mol. The fourth-order valence-electron chi connectivity index (χ4n) is 2.46. The normalized spacial score (nSPS) is 12.2. The largest absolute Gasteiger partial charge is 0.340 e. The van der Waals surface area contributed by atoms with E-state index in [1.165, 1.54) is 0 Å². The van der Waals surface area contributed by atoms with Crippen LogP contribution in [0.3, 0.4) is 0 Å². The summed E-state index contributed by atoms with van der Waals surface area (Å²) >= 11 is 9.51. The van der Waals surface area contributed by atoms with Crippen LogP contribution < -0.4 is 5.32 Å². The molecule has 1 N–H and O–H groups in total. The Bertz CT molecular complexity index is 909. The van der Waals surface area contributed by atoms with E-state index in [2.05, 4.69) is 31.4 Å². The molecule has 0 aliphatic heterocycles. The Morgan fingerprint density at radius 2 is 1.85 bits per heavy atom. The number of hydrogen-bond donors (Lipinski definition) is 1. The van der Waals surface area contributed by atoms with E-state index in [0.29, 0.717) is 22.3 Å². The number of carbonyl (C=O) groups is 1. The Kier molecular flexibility index (Phi) is 5.74. The molecule has 0 radical (unpaired) electrons. The summed E-state index contributed by atoms with van der Waals surface area (Å²) in [5.41, 5.74) is 1.25. The summed E-state index contributed by atoms with van der Waals surface area (Å²) in [6.45, 7) is 3.95. The van der Waals surface area contributed by atoms with Gasteiger partial charge in [-0.05, 0) is 42.3 Å². The van der Waals surface area contributed by atoms with Gasteiger partial charge in [0.25, 0.3) is 5.91 Å². The number of nitrogens with one attached hydrogen (secondary N) is 1. The zero-order valence-corrected chi connectivity index (χ0v) is 16.6. The Balaban J connectivity index is 1.84. The molecule has 0 unspecified atom stereocenters. The van der Waals surface area contributed by atoms with E-state index < -0.39 is 6.04 Å². The van der Waals surface area contributed by atoms with Gasteiger partial charge in [-0.1, -0.05) is 58.7 Å². The van der Waals surface area contributed by atoms with E-state index >= 15 is 0 Å². The minimum absolute atomic E-state index is 0.0552. The minimum atomic E-state index is -0.421. The van der Waals surface area contributed by atoms with Crippen molar-refractivity contribution < 1.29 is 9.32 Å². The maximum Gasteiger partial charge on any atom is 0.253 e. The van der Waals surface area contributed by atoms with Crippen molar-refractivity contribution in [3.63, 3.8) is 0 Å². The highest BCUT2D eigenvalue weighted by Crippen LogP contribution is 2.25. The highest BCUT2D eigenvalue weighted by Gasteiger charge is 2.26. The third-order valence-corrected chi connectivity index (χ3v) is 4.74. The summed E-state index contributed by atoms with van der Waals surface area (Å²) in [4.78, 5) is 17.0. The van der Waals surface area contributed by atoms with E-state index in [0.717, 1.165) is 10.0 Å². The lowest BCUT2D eigenvalue weighted by Gasteiger charge is -2.18. The van der Waals surface area contributed by atoms with Gasteiger partial charge in [0.15, 0.2) is 0 Å². The molecule has 1 aromatic heterocycles. The summed E-state index contributed by atoms with van der Waals surface area (Å²) in [6.07, 6.45) is 0. The van der Waals surface area contributed by atoms with Crippen LogP contribution >= 0.6 is 27.5 Å². The summed E-state index contributed by atoms with van der Waals surface area (Å²) in [5, 5.41) is 7.37. The van der Waals surface area contributed by atoms with E-state index in [1.807, 2.05) is 38.1 Å². The smallest absolute Gasteiger partial charge is 0.253 e. The zero-order chi connectivity index (χ0) is 18.7. The molecule has 3 rings (SSSR count). The first kappa shape index (κ1) is 18.6. The lowest BCUT2D eigenvalue weighted by Crippen LogP contribution is -2.32. The fourth-order valence-corrected chi connectivity index (χ4v) is 2.94. The van der Waals surface area contributed by atoms with Gasteiger partial charge in [-0.3, -0.25) is 4.79 Å². The van der Waals surface area contributed by atoms with Gasteiger partial charge >= 0.3 is 0 Å². The average Bonchev–Trinajstić information content (AvgIpc) is 3.10. The highest BCUT2D eigenvalue weighted by molar-refractivity contribution is 9.10. The number of benzene rings is 2. The van der Waals surface area contributed by atoms with Crippen LogP contribution in [0.15, 0.2) is 57.5 Å². The van der Waals surface area contributed by atoms with Crippen LogP contribution in [0.25, 0.3) is 11.4 Å². The van der Waals surface area contributed by atoms with Gasteiger partial charge in [0.05, 0.1) is 10.6 Å². The number of hydrogen-bond acceptors (Lipinski definition) is 4. The molecule has 0 saturated carbocycles. The maximum absolute atomic E-state index is 12.6. The van der Waals surface area contributed by atoms with Crippen molar-refractivity contribution >= 4 is 33.4 Å². The van der Waals surface area contributed by atoms with E-state index in [9.17, 15) is 4.79 Å². The topological polar surface area (TPSA) is 68.0 Å². The number of aromatic nitrogens is 2. The van der Waals surface area contributed by atoms with Gasteiger partial charge < -0.3 is 9.84 Å². The predicted octanol–water partition coefficient (Wildman–Crippen LogP) is 5.28. The number of rotatable bonds is 5. The fraction of sp³-hybridized carbons (Fsp3) is 0.211. The molecule has 0 saturated heterocycles. The van der Waals surface area contributed by atoms with E-state index in [4.69, 9.17) is 16.1 Å². The number of halogens is 2. The lowest BCUT2D eigenvalue weighted by molar-refractivity contribution is 0.0914. The quantitative estimate of drug-likeness (QED) is 0.593. The maximum atomic E-state index is 12.6. The highest BCUT2D eigenvalue weighted by atomic mass is 79.9. The third-order valence-electron chi connectivity index (χ3n) is 3.88. The second kappa shape index (κ2) is 8.01. The molecule has 2 aromatic carbocycles. The van der Waals surface area contributed by atoms with Gasteiger partial charge in [-0.2, -0.15) is 4.98 Å². The Labute approximate surface area is 164 Å². The Morgan fingerprint density at radius 1 is 1.15 bits per heavy atom. The van der Waals surface area contributed by atoms with Crippen molar-refractivity contribution in [2.24, 2.45) is 5.92 Å². The lowest BCUT2D eigenvalue weighted by atomic mass is 10.0. The van der Waals surface area contributed by atoms with Crippen molar-refractivity contribution in [1.29, 1.82) is 0 Å². The monoisotopic (exact) mass is 433 g/mol. The van der Waals surface area contributed by atoms with Crippen molar-refractivity contribution in [2.45, 2.75) is 19.9 Å². The molecule has 1 atom stereocenters. The van der Waals surface area contributed by atoms with Crippen LogP contribution in [0, 0.1) is 5.92 Å². The summed E-state index contributed by atoms with van der Waals surface area (Å²) in [6, 6.07) is 14.1. The molecule has 0 spiro atoms. The van der Waals surface area contributed by atoms with Crippen molar-refractivity contribution in [1.82, 2.24) is 15.5 Å². The Morgan fingerprint density at radius 3 is 2.50 bits per heavy atom. The molecule has 0 aliphatic rings. The molecule has 5 nitrogen and oxygen atoms in total. The van der Waals surface area contributed by atoms with Crippen molar-refractivity contribution in [2.75, 3.05) is 0 Å². The molecule has 7 heteroatoms. The van der Waals surface area contributed by atoms with Gasteiger partial charge in [0.2, 0.25) is 11.7 Å². The molecular weight excluding hydrogens is 418 g/mol. The molecule has 0 fully saturated rings. The van der Waals surface area contributed by atoms with Crippen LogP contribution in [0.1, 0.15) is 36.1 Å². The standard InChI is InChI=1S/C19H17BrClN3O2/c1-11(2)16(22-18(25)14-5-3-4-6-15(14)21)19-23-17(24-26-19)12-7-9-13(20)10-8-12/h3-11,16H,1-2H3,(H,22,25)/t16-/m1/s1. The van der Waals surface area contributed by atoms with Crippen LogP contribution in [-0.2, 0) is 0 Å². The van der Waals surface area contributed by atoms with E-state index in [1.54, 1.807) is 24.3 Å². The van der Waals surface area contributed by atoms with Crippen LogP contribution in [0.2, 0.25) is 5.02 Å². The van der Waals surface area contributed by atoms with Crippen LogP contribution in [0.4, 0.5) is 0 Å².